The Kier molecular flexibility index (Phi) is 4.34. The van der Waals surface area contributed by atoms with Gasteiger partial charge in [-0.2, -0.15) is 0 Å². The van der Waals surface area contributed by atoms with Crippen molar-refractivity contribution in [3.8, 4) is 0 Å². The van der Waals surface area contributed by atoms with Crippen LogP contribution >= 0.6 is 0 Å². The van der Waals surface area contributed by atoms with Crippen LogP contribution in [0.3, 0.4) is 0 Å². The van der Waals surface area contributed by atoms with Gasteiger partial charge >= 0.3 is 5.97 Å². The maximum Gasteiger partial charge on any atom is 0.304 e. The fourth-order valence-electron chi connectivity index (χ4n) is 2.51. The summed E-state index contributed by atoms with van der Waals surface area (Å²) in [6, 6.07) is 6.87. The van der Waals surface area contributed by atoms with Crippen LogP contribution in [0.4, 0.5) is 5.69 Å². The summed E-state index contributed by atoms with van der Waals surface area (Å²) in [5, 5.41) is 19.9. The molecule has 1 aliphatic rings. The summed E-state index contributed by atoms with van der Waals surface area (Å²) in [5.41, 5.74) is 0.746. The fourth-order valence-corrected chi connectivity index (χ4v) is 2.51. The van der Waals surface area contributed by atoms with Gasteiger partial charge in [0.15, 0.2) is 0 Å². The van der Waals surface area contributed by atoms with E-state index in [0.29, 0.717) is 18.2 Å². The lowest BCUT2D eigenvalue weighted by atomic mass is 10.0. The number of para-hydroxylation sites is 1. The molecule has 1 saturated carbocycles. The third-order valence-corrected chi connectivity index (χ3v) is 3.68. The molecule has 1 aromatic rings. The number of benzene rings is 1. The van der Waals surface area contributed by atoms with Gasteiger partial charge in [-0.25, -0.2) is 0 Å². The molecule has 1 atom stereocenters. The number of carbonyl (C=O) groups is 1. The lowest BCUT2D eigenvalue weighted by molar-refractivity contribution is -0.386. The largest absolute Gasteiger partial charge is 0.481 e. The fraction of sp³-hybridized carbons (Fsp3) is 0.500. The molecule has 6 nitrogen and oxygen atoms in total. The SMILES string of the molecule is CC(c1ccccc1[N+](=O)[O-])N(CCC(=O)O)C1CC1. The van der Waals surface area contributed by atoms with Gasteiger partial charge in [0.05, 0.1) is 11.3 Å². The van der Waals surface area contributed by atoms with Gasteiger partial charge in [0.1, 0.15) is 0 Å². The van der Waals surface area contributed by atoms with Gasteiger partial charge in [0.25, 0.3) is 5.69 Å². The van der Waals surface area contributed by atoms with E-state index < -0.39 is 5.97 Å². The zero-order valence-corrected chi connectivity index (χ0v) is 11.4. The summed E-state index contributed by atoms with van der Waals surface area (Å²) in [5.74, 6) is -0.842. The zero-order chi connectivity index (χ0) is 14.7. The lowest BCUT2D eigenvalue weighted by Gasteiger charge is -2.28. The van der Waals surface area contributed by atoms with Crippen molar-refractivity contribution in [2.24, 2.45) is 0 Å². The minimum atomic E-state index is -0.842. The Morgan fingerprint density at radius 1 is 1.50 bits per heavy atom. The molecule has 0 bridgehead atoms. The normalized spacial score (nSPS) is 16.1. The third kappa shape index (κ3) is 3.33. The van der Waals surface area contributed by atoms with E-state index in [1.807, 2.05) is 6.92 Å². The molecule has 0 spiro atoms. The Labute approximate surface area is 117 Å². The van der Waals surface area contributed by atoms with E-state index in [1.165, 1.54) is 6.07 Å². The second-order valence-electron chi connectivity index (χ2n) is 5.10. The number of aliphatic carboxylic acids is 1. The molecule has 0 aromatic heterocycles. The van der Waals surface area contributed by atoms with Gasteiger partial charge in [-0.3, -0.25) is 19.8 Å². The molecule has 0 aliphatic heterocycles. The molecule has 1 N–H and O–H groups in total. The van der Waals surface area contributed by atoms with E-state index in [2.05, 4.69) is 4.90 Å². The number of nitrogens with zero attached hydrogens (tertiary/aromatic N) is 2. The van der Waals surface area contributed by atoms with E-state index in [0.717, 1.165) is 12.8 Å². The number of nitro groups is 1. The van der Waals surface area contributed by atoms with Crippen LogP contribution in [0.25, 0.3) is 0 Å². The second-order valence-corrected chi connectivity index (χ2v) is 5.10. The zero-order valence-electron chi connectivity index (χ0n) is 11.4. The van der Waals surface area contributed by atoms with Gasteiger partial charge < -0.3 is 5.11 Å². The summed E-state index contributed by atoms with van der Waals surface area (Å²) in [6.45, 7) is 2.33. The van der Waals surface area contributed by atoms with Crippen LogP contribution < -0.4 is 0 Å². The molecule has 2 rings (SSSR count). The first kappa shape index (κ1) is 14.5. The topological polar surface area (TPSA) is 83.7 Å². The van der Waals surface area contributed by atoms with Gasteiger partial charge in [-0.15, -0.1) is 0 Å². The van der Waals surface area contributed by atoms with Gasteiger partial charge in [0, 0.05) is 30.3 Å². The van der Waals surface area contributed by atoms with Crippen LogP contribution in [0.1, 0.15) is 37.8 Å². The van der Waals surface area contributed by atoms with Crippen molar-refractivity contribution in [2.45, 2.75) is 38.3 Å². The number of rotatable bonds is 7. The predicted octanol–water partition coefficient (Wildman–Crippen LogP) is 2.59. The molecule has 108 valence electrons. The van der Waals surface area contributed by atoms with Gasteiger partial charge in [-0.1, -0.05) is 18.2 Å². The van der Waals surface area contributed by atoms with Crippen molar-refractivity contribution in [1.82, 2.24) is 4.90 Å². The Morgan fingerprint density at radius 2 is 2.15 bits per heavy atom. The van der Waals surface area contributed by atoms with E-state index in [9.17, 15) is 14.9 Å². The van der Waals surface area contributed by atoms with Crippen molar-refractivity contribution in [2.75, 3.05) is 6.54 Å². The highest BCUT2D eigenvalue weighted by Crippen LogP contribution is 2.37. The van der Waals surface area contributed by atoms with Crippen LogP contribution in [0.15, 0.2) is 24.3 Å². The standard InChI is InChI=1S/C14H18N2O4/c1-10(12-4-2-3-5-13(12)16(19)20)15(11-6-7-11)9-8-14(17)18/h2-5,10-11H,6-9H2,1H3,(H,17,18). The number of carboxylic acid groups (broad SMARTS) is 1. The molecule has 1 aromatic carbocycles. The minimum absolute atomic E-state index is 0.0570. The van der Waals surface area contributed by atoms with Crippen molar-refractivity contribution < 1.29 is 14.8 Å². The Balaban J connectivity index is 2.20. The average molecular weight is 278 g/mol. The van der Waals surface area contributed by atoms with E-state index in [1.54, 1.807) is 18.2 Å². The molecule has 6 heteroatoms. The number of hydrogen-bond donors (Lipinski definition) is 1. The molecule has 0 heterocycles. The first-order valence-corrected chi connectivity index (χ1v) is 6.71. The molecule has 1 aliphatic carbocycles. The summed E-state index contributed by atoms with van der Waals surface area (Å²) < 4.78 is 0. The van der Waals surface area contributed by atoms with E-state index in [4.69, 9.17) is 5.11 Å². The molecule has 0 amide bonds. The summed E-state index contributed by atoms with van der Waals surface area (Å²) in [6.07, 6.45) is 2.12. The average Bonchev–Trinajstić information content (AvgIpc) is 3.23. The number of nitro benzene ring substituents is 1. The quantitative estimate of drug-likeness (QED) is 0.612. The maximum atomic E-state index is 11.1. The third-order valence-electron chi connectivity index (χ3n) is 3.68. The lowest BCUT2D eigenvalue weighted by Crippen LogP contribution is -2.31. The van der Waals surface area contributed by atoms with Gasteiger partial charge in [-0.05, 0) is 19.8 Å². The predicted molar refractivity (Wildman–Crippen MR) is 73.5 cm³/mol. The summed E-state index contributed by atoms with van der Waals surface area (Å²) >= 11 is 0. The Morgan fingerprint density at radius 3 is 2.70 bits per heavy atom. The summed E-state index contributed by atoms with van der Waals surface area (Å²) in [4.78, 5) is 23.5. The highest BCUT2D eigenvalue weighted by atomic mass is 16.6. The second kappa shape index (κ2) is 6.00. The van der Waals surface area contributed by atoms with Crippen LogP contribution in [0.2, 0.25) is 0 Å². The van der Waals surface area contributed by atoms with Crippen molar-refractivity contribution in [3.05, 3.63) is 39.9 Å². The monoisotopic (exact) mass is 278 g/mol. The first-order valence-electron chi connectivity index (χ1n) is 6.71. The smallest absolute Gasteiger partial charge is 0.304 e. The van der Waals surface area contributed by atoms with Crippen LogP contribution in [-0.4, -0.2) is 33.5 Å². The highest BCUT2D eigenvalue weighted by Gasteiger charge is 2.34. The van der Waals surface area contributed by atoms with E-state index in [-0.39, 0.29) is 23.1 Å². The Hall–Kier alpha value is -1.95. The molecular weight excluding hydrogens is 260 g/mol. The van der Waals surface area contributed by atoms with Gasteiger partial charge in [0.2, 0.25) is 0 Å². The van der Waals surface area contributed by atoms with Crippen molar-refractivity contribution >= 4 is 11.7 Å². The van der Waals surface area contributed by atoms with E-state index >= 15 is 0 Å². The maximum absolute atomic E-state index is 11.1. The molecule has 1 fully saturated rings. The minimum Gasteiger partial charge on any atom is -0.481 e. The molecule has 1 unspecified atom stereocenters. The molecule has 20 heavy (non-hydrogen) atoms. The first-order chi connectivity index (χ1) is 9.50. The highest BCUT2D eigenvalue weighted by molar-refractivity contribution is 5.66. The summed E-state index contributed by atoms with van der Waals surface area (Å²) in [7, 11) is 0. The molecule has 0 saturated heterocycles. The number of hydrogen-bond acceptors (Lipinski definition) is 4. The van der Waals surface area contributed by atoms with Crippen LogP contribution in [0.5, 0.6) is 0 Å². The van der Waals surface area contributed by atoms with Crippen molar-refractivity contribution in [3.63, 3.8) is 0 Å². The molecule has 0 radical (unpaired) electrons. The van der Waals surface area contributed by atoms with Crippen LogP contribution in [0, 0.1) is 10.1 Å². The number of carboxylic acids is 1. The Bertz CT molecular complexity index is 514. The molecular formula is C14H18N2O4. The van der Waals surface area contributed by atoms with Crippen molar-refractivity contribution in [1.29, 1.82) is 0 Å². The van der Waals surface area contributed by atoms with Crippen LogP contribution in [-0.2, 0) is 4.79 Å².